The first-order valence-corrected chi connectivity index (χ1v) is 9.53. The van der Waals surface area contributed by atoms with Gasteiger partial charge in [0.25, 0.3) is 0 Å². The van der Waals surface area contributed by atoms with E-state index in [4.69, 9.17) is 19.3 Å². The van der Waals surface area contributed by atoms with Crippen LogP contribution < -0.4 is 14.2 Å². The van der Waals surface area contributed by atoms with Crippen LogP contribution in [0.25, 0.3) is 0 Å². The Labute approximate surface area is 166 Å². The third-order valence-corrected chi connectivity index (χ3v) is 5.56. The van der Waals surface area contributed by atoms with Crippen LogP contribution >= 0.6 is 0 Å². The Hall–Kier alpha value is -3.54. The highest BCUT2D eigenvalue weighted by molar-refractivity contribution is 6.02. The van der Waals surface area contributed by atoms with E-state index in [1.807, 2.05) is 41.4 Å². The number of hydrogen-bond acceptors (Lipinski definition) is 5. The molecular weight excluding hydrogens is 371 g/mol. The smallest absolute Gasteiger partial charge is 0.231 e. The zero-order chi connectivity index (χ0) is 19.4. The number of rotatable bonds is 2. The van der Waals surface area contributed by atoms with Crippen LogP contribution in [-0.4, -0.2) is 17.5 Å². The number of fused-ring (bicyclic) bond motifs is 4. The second kappa shape index (κ2) is 6.24. The maximum atomic E-state index is 13.4. The van der Waals surface area contributed by atoms with Gasteiger partial charge >= 0.3 is 0 Å². The highest BCUT2D eigenvalue weighted by atomic mass is 19.1. The van der Waals surface area contributed by atoms with E-state index in [2.05, 4.69) is 6.07 Å². The van der Waals surface area contributed by atoms with E-state index in [1.165, 1.54) is 12.1 Å². The number of hydrogen-bond donors (Lipinski definition) is 0. The Balaban J connectivity index is 1.42. The van der Waals surface area contributed by atoms with Gasteiger partial charge in [-0.1, -0.05) is 30.3 Å². The molecule has 6 rings (SSSR count). The van der Waals surface area contributed by atoms with Crippen LogP contribution in [0.1, 0.15) is 35.4 Å². The molecule has 0 spiro atoms. The van der Waals surface area contributed by atoms with Crippen LogP contribution in [0.4, 0.5) is 4.39 Å². The zero-order valence-electron chi connectivity index (χ0n) is 15.4. The van der Waals surface area contributed by atoms with E-state index in [0.29, 0.717) is 0 Å². The molecular formula is C23H17FN2O3. The molecule has 29 heavy (non-hydrogen) atoms. The minimum Gasteiger partial charge on any atom is -0.464 e. The number of para-hydroxylation sites is 1. The Kier molecular flexibility index (Phi) is 3.53. The van der Waals surface area contributed by atoms with Crippen molar-refractivity contribution in [2.24, 2.45) is 5.10 Å². The van der Waals surface area contributed by atoms with Crippen molar-refractivity contribution < 1.29 is 18.6 Å². The molecule has 3 aromatic carbocycles. The lowest BCUT2D eigenvalue weighted by Gasteiger charge is -2.38. The number of nitrogens with zero attached hydrogens (tertiary/aromatic N) is 2. The van der Waals surface area contributed by atoms with Crippen molar-refractivity contribution >= 4 is 5.71 Å². The third kappa shape index (κ3) is 2.63. The summed E-state index contributed by atoms with van der Waals surface area (Å²) in [5.74, 6) is 2.06. The fourth-order valence-electron chi connectivity index (χ4n) is 4.13. The van der Waals surface area contributed by atoms with E-state index >= 15 is 0 Å². The molecule has 3 aromatic rings. The molecule has 2 atom stereocenters. The van der Waals surface area contributed by atoms with Crippen LogP contribution in [0.15, 0.2) is 71.8 Å². The lowest BCUT2D eigenvalue weighted by Crippen LogP contribution is -2.33. The minimum absolute atomic E-state index is 0.0513. The second-order valence-corrected chi connectivity index (χ2v) is 7.27. The Morgan fingerprint density at radius 1 is 0.897 bits per heavy atom. The van der Waals surface area contributed by atoms with Gasteiger partial charge in [-0.15, -0.1) is 0 Å². The van der Waals surface area contributed by atoms with Crippen LogP contribution in [0.2, 0.25) is 0 Å². The van der Waals surface area contributed by atoms with Crippen molar-refractivity contribution in [1.29, 1.82) is 0 Å². The molecule has 144 valence electrons. The first kappa shape index (κ1) is 16.4. The summed E-state index contributed by atoms with van der Waals surface area (Å²) >= 11 is 0. The maximum Gasteiger partial charge on any atom is 0.231 e. The van der Waals surface area contributed by atoms with Gasteiger partial charge in [-0.3, -0.25) is 0 Å². The van der Waals surface area contributed by atoms with Crippen molar-refractivity contribution in [2.45, 2.75) is 18.7 Å². The fraction of sp³-hybridized carbons (Fsp3) is 0.174. The van der Waals surface area contributed by atoms with Crippen molar-refractivity contribution in [3.63, 3.8) is 0 Å². The van der Waals surface area contributed by atoms with E-state index in [0.717, 1.165) is 46.1 Å². The predicted molar refractivity (Wildman–Crippen MR) is 105 cm³/mol. The van der Waals surface area contributed by atoms with E-state index < -0.39 is 6.23 Å². The van der Waals surface area contributed by atoms with Crippen LogP contribution in [0, 0.1) is 5.82 Å². The highest BCUT2D eigenvalue weighted by Crippen LogP contribution is 2.47. The lowest BCUT2D eigenvalue weighted by atomic mass is 9.96. The lowest BCUT2D eigenvalue weighted by molar-refractivity contribution is -0.0190. The van der Waals surface area contributed by atoms with Crippen molar-refractivity contribution in [3.8, 4) is 17.2 Å². The predicted octanol–water partition coefficient (Wildman–Crippen LogP) is 4.80. The van der Waals surface area contributed by atoms with Gasteiger partial charge < -0.3 is 14.2 Å². The molecule has 0 N–H and O–H groups in total. The normalized spacial score (nSPS) is 21.3. The molecule has 3 aliphatic rings. The Bertz CT molecular complexity index is 1130. The number of benzene rings is 3. The summed E-state index contributed by atoms with van der Waals surface area (Å²) < 4.78 is 30.7. The van der Waals surface area contributed by atoms with Gasteiger partial charge in [0.1, 0.15) is 11.6 Å². The van der Waals surface area contributed by atoms with Crippen molar-refractivity contribution in [2.75, 3.05) is 6.79 Å². The average molecular weight is 388 g/mol. The largest absolute Gasteiger partial charge is 0.464 e. The summed E-state index contributed by atoms with van der Waals surface area (Å²) in [6, 6.07) is 20.4. The summed E-state index contributed by atoms with van der Waals surface area (Å²) in [5.41, 5.74) is 3.92. The molecule has 3 heterocycles. The molecule has 5 nitrogen and oxygen atoms in total. The SMILES string of the molecule is Fc1ccc([C@@H]2Oc3ccccc3[C@@H]3CC(c4ccc5c(c4)OCO5)=NN32)cc1. The van der Waals surface area contributed by atoms with Gasteiger partial charge in [-0.2, -0.15) is 5.10 Å². The standard InChI is InChI=1S/C23H17FN2O3/c24-16-8-5-14(6-9-16)23-26-19(17-3-1-2-4-20(17)29-23)12-18(25-26)15-7-10-21-22(11-15)28-13-27-21/h1-11,19,23H,12-13H2/t19-,23-/m0/s1. The van der Waals surface area contributed by atoms with Crippen LogP contribution in [0.3, 0.4) is 0 Å². The van der Waals surface area contributed by atoms with Gasteiger partial charge in [0.05, 0.1) is 11.8 Å². The molecule has 0 amide bonds. The summed E-state index contributed by atoms with van der Waals surface area (Å²) in [7, 11) is 0. The van der Waals surface area contributed by atoms with Crippen molar-refractivity contribution in [1.82, 2.24) is 5.01 Å². The van der Waals surface area contributed by atoms with E-state index in [1.54, 1.807) is 12.1 Å². The van der Waals surface area contributed by atoms with Gasteiger partial charge in [0.15, 0.2) is 11.5 Å². The van der Waals surface area contributed by atoms with Gasteiger partial charge in [0, 0.05) is 23.1 Å². The molecule has 0 fully saturated rings. The topological polar surface area (TPSA) is 43.3 Å². The molecule has 0 aromatic heterocycles. The Morgan fingerprint density at radius 3 is 2.62 bits per heavy atom. The third-order valence-electron chi connectivity index (χ3n) is 5.56. The summed E-state index contributed by atoms with van der Waals surface area (Å²) in [5, 5.41) is 6.90. The molecule has 0 radical (unpaired) electrons. The van der Waals surface area contributed by atoms with Gasteiger partial charge in [0.2, 0.25) is 13.0 Å². The number of ether oxygens (including phenoxy) is 3. The average Bonchev–Trinajstić information content (AvgIpc) is 3.40. The monoisotopic (exact) mass is 388 g/mol. The van der Waals surface area contributed by atoms with Crippen molar-refractivity contribution in [3.05, 3.63) is 89.2 Å². The van der Waals surface area contributed by atoms with Crippen LogP contribution in [-0.2, 0) is 0 Å². The summed E-state index contributed by atoms with van der Waals surface area (Å²) in [6.45, 7) is 0.244. The van der Waals surface area contributed by atoms with E-state index in [9.17, 15) is 4.39 Å². The van der Waals surface area contributed by atoms with Crippen LogP contribution in [0.5, 0.6) is 17.2 Å². The zero-order valence-corrected chi connectivity index (χ0v) is 15.4. The molecule has 3 aliphatic heterocycles. The quantitative estimate of drug-likeness (QED) is 0.633. The molecule has 6 heteroatoms. The molecule has 0 saturated heterocycles. The Morgan fingerprint density at radius 2 is 1.72 bits per heavy atom. The minimum atomic E-state index is -0.415. The fourth-order valence-corrected chi connectivity index (χ4v) is 4.13. The second-order valence-electron chi connectivity index (χ2n) is 7.27. The summed E-state index contributed by atoms with van der Waals surface area (Å²) in [4.78, 5) is 0. The molecule has 0 bridgehead atoms. The molecule has 0 saturated carbocycles. The van der Waals surface area contributed by atoms with E-state index in [-0.39, 0.29) is 18.7 Å². The summed E-state index contributed by atoms with van der Waals surface area (Å²) in [6.07, 6.45) is 0.333. The number of halogens is 1. The van der Waals surface area contributed by atoms with Gasteiger partial charge in [-0.25, -0.2) is 9.40 Å². The first-order chi connectivity index (χ1) is 14.3. The first-order valence-electron chi connectivity index (χ1n) is 9.53. The molecule has 0 unspecified atom stereocenters. The number of hydrazone groups is 1. The van der Waals surface area contributed by atoms with Gasteiger partial charge in [-0.05, 0) is 36.4 Å². The maximum absolute atomic E-state index is 13.4. The molecule has 0 aliphatic carbocycles. The highest BCUT2D eigenvalue weighted by Gasteiger charge is 2.41.